The van der Waals surface area contributed by atoms with E-state index < -0.39 is 11.7 Å². The predicted molar refractivity (Wildman–Crippen MR) is 132 cm³/mol. The third-order valence-electron chi connectivity index (χ3n) is 6.11. The van der Waals surface area contributed by atoms with Crippen molar-refractivity contribution in [2.45, 2.75) is 30.0 Å². The topological polar surface area (TPSA) is 67.7 Å². The number of nitriles is 1. The molecular formula is C26H22F3N5S. The average molecular weight is 494 g/mol. The van der Waals surface area contributed by atoms with E-state index in [0.29, 0.717) is 16.9 Å². The van der Waals surface area contributed by atoms with Crippen LogP contribution in [0.3, 0.4) is 0 Å². The van der Waals surface area contributed by atoms with Crippen LogP contribution in [0.4, 0.5) is 18.9 Å². The Balaban J connectivity index is 1.15. The Hall–Kier alpha value is -3.48. The lowest BCUT2D eigenvalue weighted by Gasteiger charge is -2.32. The van der Waals surface area contributed by atoms with Gasteiger partial charge in [0, 0.05) is 53.1 Å². The zero-order valence-corrected chi connectivity index (χ0v) is 19.5. The van der Waals surface area contributed by atoms with E-state index in [2.05, 4.69) is 49.9 Å². The number of piperidine rings is 1. The van der Waals surface area contributed by atoms with Gasteiger partial charge in [-0.1, -0.05) is 12.1 Å². The van der Waals surface area contributed by atoms with E-state index in [9.17, 15) is 18.4 Å². The number of alkyl halides is 3. The molecule has 2 aromatic heterocycles. The lowest BCUT2D eigenvalue weighted by molar-refractivity contribution is -0.137. The molecule has 3 heterocycles. The molecule has 5 nitrogen and oxygen atoms in total. The van der Waals surface area contributed by atoms with Gasteiger partial charge in [-0.2, -0.15) is 18.4 Å². The molecule has 0 amide bonds. The first-order valence-corrected chi connectivity index (χ1v) is 12.0. The summed E-state index contributed by atoms with van der Waals surface area (Å²) in [6.07, 6.45) is 0.985. The summed E-state index contributed by atoms with van der Waals surface area (Å²) in [5.74, 6) is 0. The monoisotopic (exact) mass is 493 g/mol. The highest BCUT2D eigenvalue weighted by atomic mass is 32.2. The predicted octanol–water partition coefficient (Wildman–Crippen LogP) is 6.70. The molecule has 1 aliphatic heterocycles. The molecule has 0 radical (unpaired) electrons. The highest BCUT2D eigenvalue weighted by Gasteiger charge is 2.30. The molecular weight excluding hydrogens is 471 g/mol. The lowest BCUT2D eigenvalue weighted by atomic mass is 10.1. The van der Waals surface area contributed by atoms with Gasteiger partial charge in [0.15, 0.2) is 0 Å². The number of aromatic amines is 1. The van der Waals surface area contributed by atoms with Crippen molar-refractivity contribution in [3.63, 3.8) is 0 Å². The highest BCUT2D eigenvalue weighted by Crippen LogP contribution is 2.32. The van der Waals surface area contributed by atoms with E-state index in [-0.39, 0.29) is 6.04 Å². The van der Waals surface area contributed by atoms with E-state index in [0.717, 1.165) is 59.5 Å². The van der Waals surface area contributed by atoms with Crippen LogP contribution in [0.25, 0.3) is 22.2 Å². The summed E-state index contributed by atoms with van der Waals surface area (Å²) in [5.41, 5.74) is 3.36. The number of H-pyrrole nitrogens is 1. The molecule has 178 valence electrons. The zero-order chi connectivity index (χ0) is 24.4. The Labute approximate surface area is 205 Å². The second-order valence-corrected chi connectivity index (χ2v) is 9.64. The molecule has 4 aromatic rings. The van der Waals surface area contributed by atoms with Crippen LogP contribution in [0.5, 0.6) is 0 Å². The van der Waals surface area contributed by atoms with Crippen LogP contribution in [0.2, 0.25) is 0 Å². The van der Waals surface area contributed by atoms with Gasteiger partial charge in [-0.3, -0.25) is 0 Å². The minimum Gasteiger partial charge on any atom is -0.382 e. The SMILES string of the molecule is N#Cc1c[nH]c2ncc(-c3ccc(SN4CCC(Nc5ccc(C(F)(F)F)cc5)CC4)cc3)cc12. The molecule has 9 heteroatoms. The van der Waals surface area contributed by atoms with Crippen LogP contribution < -0.4 is 5.32 Å². The fourth-order valence-electron chi connectivity index (χ4n) is 4.19. The maximum atomic E-state index is 12.7. The van der Waals surface area contributed by atoms with Crippen LogP contribution in [-0.2, 0) is 6.18 Å². The van der Waals surface area contributed by atoms with Crippen molar-refractivity contribution in [3.05, 3.63) is 78.1 Å². The van der Waals surface area contributed by atoms with Gasteiger partial charge in [-0.25, -0.2) is 9.29 Å². The summed E-state index contributed by atoms with van der Waals surface area (Å²) in [7, 11) is 0. The standard InChI is InChI=1S/C26H22F3N5S/c27-26(28,29)20-3-5-21(6-4-20)33-22-9-11-34(12-10-22)35-23-7-1-17(2-8-23)18-13-24-19(14-30)16-32-25(24)31-15-18/h1-8,13,15-16,22,33H,9-12H2,(H,31,32). The van der Waals surface area contributed by atoms with Gasteiger partial charge in [-0.15, -0.1) is 0 Å². The van der Waals surface area contributed by atoms with Gasteiger partial charge < -0.3 is 10.3 Å². The van der Waals surface area contributed by atoms with Gasteiger partial charge in [0.25, 0.3) is 0 Å². The van der Waals surface area contributed by atoms with Crippen molar-refractivity contribution in [3.8, 4) is 17.2 Å². The van der Waals surface area contributed by atoms with Crippen LogP contribution in [0.1, 0.15) is 24.0 Å². The second kappa shape index (κ2) is 9.64. The Kier molecular flexibility index (Phi) is 6.41. The van der Waals surface area contributed by atoms with Crippen molar-refractivity contribution in [2.75, 3.05) is 18.4 Å². The van der Waals surface area contributed by atoms with E-state index in [1.165, 1.54) is 12.1 Å². The van der Waals surface area contributed by atoms with Crippen LogP contribution in [-0.4, -0.2) is 33.4 Å². The lowest BCUT2D eigenvalue weighted by Crippen LogP contribution is -2.35. The number of benzene rings is 2. The second-order valence-electron chi connectivity index (χ2n) is 8.47. The van der Waals surface area contributed by atoms with Crippen molar-refractivity contribution >= 4 is 28.7 Å². The van der Waals surface area contributed by atoms with E-state index in [1.807, 2.05) is 6.07 Å². The molecule has 0 unspecified atom stereocenters. The van der Waals surface area contributed by atoms with Crippen molar-refractivity contribution in [1.29, 1.82) is 5.26 Å². The van der Waals surface area contributed by atoms with Gasteiger partial charge in [0.05, 0.1) is 11.1 Å². The summed E-state index contributed by atoms with van der Waals surface area (Å²) in [6.45, 7) is 1.77. The Morgan fingerprint density at radius 2 is 1.74 bits per heavy atom. The molecule has 1 aliphatic rings. The highest BCUT2D eigenvalue weighted by molar-refractivity contribution is 7.97. The number of nitrogens with one attached hydrogen (secondary N) is 2. The molecule has 2 N–H and O–H groups in total. The first-order valence-electron chi connectivity index (χ1n) is 11.2. The Bertz CT molecular complexity index is 1350. The number of pyridine rings is 1. The number of fused-ring (bicyclic) bond motifs is 1. The van der Waals surface area contributed by atoms with Crippen molar-refractivity contribution in [1.82, 2.24) is 14.3 Å². The minimum atomic E-state index is -4.31. The number of halogens is 3. The Morgan fingerprint density at radius 3 is 2.40 bits per heavy atom. The number of nitrogens with zero attached hydrogens (tertiary/aromatic N) is 3. The normalized spacial score (nSPS) is 15.3. The van der Waals surface area contributed by atoms with Crippen molar-refractivity contribution in [2.24, 2.45) is 0 Å². The molecule has 0 saturated carbocycles. The molecule has 0 bridgehead atoms. The summed E-state index contributed by atoms with van der Waals surface area (Å²) in [4.78, 5) is 8.56. The Morgan fingerprint density at radius 1 is 1.03 bits per heavy atom. The molecule has 2 aromatic carbocycles. The quantitative estimate of drug-likeness (QED) is 0.303. The van der Waals surface area contributed by atoms with Crippen molar-refractivity contribution < 1.29 is 13.2 Å². The fourth-order valence-corrected chi connectivity index (χ4v) is 5.14. The first kappa shape index (κ1) is 23.3. The largest absolute Gasteiger partial charge is 0.416 e. The van der Waals surface area contributed by atoms with Gasteiger partial charge in [0.1, 0.15) is 11.7 Å². The van der Waals surface area contributed by atoms with Crippen LogP contribution >= 0.6 is 11.9 Å². The van der Waals surface area contributed by atoms with Crippen LogP contribution in [0, 0.1) is 11.3 Å². The van der Waals surface area contributed by atoms with Gasteiger partial charge in [-0.05, 0) is 72.8 Å². The number of aromatic nitrogens is 2. The van der Waals surface area contributed by atoms with E-state index in [4.69, 9.17) is 0 Å². The van der Waals surface area contributed by atoms with Gasteiger partial charge >= 0.3 is 6.18 Å². The molecule has 1 fully saturated rings. The smallest absolute Gasteiger partial charge is 0.382 e. The molecule has 0 spiro atoms. The maximum Gasteiger partial charge on any atom is 0.416 e. The average Bonchev–Trinajstić information content (AvgIpc) is 3.28. The summed E-state index contributed by atoms with van der Waals surface area (Å²) < 4.78 is 40.5. The molecule has 35 heavy (non-hydrogen) atoms. The molecule has 0 aliphatic carbocycles. The molecule has 5 rings (SSSR count). The fraction of sp³-hybridized carbons (Fsp3) is 0.231. The summed E-state index contributed by atoms with van der Waals surface area (Å²) in [6, 6.07) is 17.9. The first-order chi connectivity index (χ1) is 16.9. The maximum absolute atomic E-state index is 12.7. The number of rotatable bonds is 5. The van der Waals surface area contributed by atoms with Gasteiger partial charge in [0.2, 0.25) is 0 Å². The summed E-state index contributed by atoms with van der Waals surface area (Å²) in [5, 5.41) is 13.4. The minimum absolute atomic E-state index is 0.236. The number of anilines is 1. The number of hydrogen-bond donors (Lipinski definition) is 2. The van der Waals surface area contributed by atoms with E-state index in [1.54, 1.807) is 24.3 Å². The molecule has 0 atom stereocenters. The van der Waals surface area contributed by atoms with Crippen LogP contribution in [0.15, 0.2) is 71.9 Å². The third kappa shape index (κ3) is 5.29. The zero-order valence-electron chi connectivity index (χ0n) is 18.6. The summed E-state index contributed by atoms with van der Waals surface area (Å²) >= 11 is 1.71. The number of hydrogen-bond acceptors (Lipinski definition) is 5. The molecule has 1 saturated heterocycles. The third-order valence-corrected chi connectivity index (χ3v) is 7.22. The van der Waals surface area contributed by atoms with E-state index >= 15 is 0 Å².